The Hall–Kier alpha value is -1.72. The van der Waals surface area contributed by atoms with E-state index >= 15 is 0 Å². The third kappa shape index (κ3) is 2.94. The van der Waals surface area contributed by atoms with E-state index in [1.54, 1.807) is 11.0 Å². The Morgan fingerprint density at radius 3 is 2.56 bits per heavy atom. The molecule has 0 unspecified atom stereocenters. The van der Waals surface area contributed by atoms with Gasteiger partial charge >= 0.3 is 0 Å². The van der Waals surface area contributed by atoms with Crippen LogP contribution in [0.5, 0.6) is 0 Å². The maximum absolute atomic E-state index is 5.74. The summed E-state index contributed by atoms with van der Waals surface area (Å²) in [6.07, 6.45) is 1.58. The van der Waals surface area contributed by atoms with Crippen LogP contribution in [-0.4, -0.2) is 26.7 Å². The molecule has 18 heavy (non-hydrogen) atoms. The summed E-state index contributed by atoms with van der Waals surface area (Å²) in [5, 5.41) is 4.07. The maximum Gasteiger partial charge on any atom is 0.140 e. The predicted octanol–water partition coefficient (Wildman–Crippen LogP) is 0.906. The number of rotatable bonds is 5. The van der Waals surface area contributed by atoms with E-state index < -0.39 is 0 Å². The Morgan fingerprint density at radius 2 is 1.94 bits per heavy atom. The van der Waals surface area contributed by atoms with Crippen LogP contribution in [0.1, 0.15) is 17.0 Å². The first kappa shape index (κ1) is 12.7. The zero-order chi connectivity index (χ0) is 13.0. The van der Waals surface area contributed by atoms with E-state index in [1.807, 2.05) is 19.2 Å². The third-order valence-electron chi connectivity index (χ3n) is 3.00. The van der Waals surface area contributed by atoms with Gasteiger partial charge in [-0.3, -0.25) is 9.58 Å². The van der Waals surface area contributed by atoms with Gasteiger partial charge in [0, 0.05) is 20.1 Å². The lowest BCUT2D eigenvalue weighted by atomic mass is 10.1. The van der Waals surface area contributed by atoms with Crippen molar-refractivity contribution in [3.63, 3.8) is 0 Å². The molecule has 2 N–H and O–H groups in total. The standard InChI is InChI=1S/C13H19N5/c1-17(9-13-15-10-16-18(13)2)8-12-6-4-3-5-11(12)7-14/h3-6,10H,7-9,14H2,1-2H3. The summed E-state index contributed by atoms with van der Waals surface area (Å²) in [7, 11) is 3.98. The Morgan fingerprint density at radius 1 is 1.22 bits per heavy atom. The first-order valence-electron chi connectivity index (χ1n) is 5.99. The van der Waals surface area contributed by atoms with Gasteiger partial charge in [-0.2, -0.15) is 5.10 Å². The second kappa shape index (κ2) is 5.75. The molecule has 0 amide bonds. The smallest absolute Gasteiger partial charge is 0.140 e. The largest absolute Gasteiger partial charge is 0.326 e. The van der Waals surface area contributed by atoms with Crippen molar-refractivity contribution in [2.45, 2.75) is 19.6 Å². The highest BCUT2D eigenvalue weighted by Crippen LogP contribution is 2.11. The van der Waals surface area contributed by atoms with Crippen molar-refractivity contribution in [1.29, 1.82) is 0 Å². The molecule has 0 saturated carbocycles. The Labute approximate surface area is 107 Å². The molecule has 0 aliphatic rings. The van der Waals surface area contributed by atoms with Crippen LogP contribution in [0.4, 0.5) is 0 Å². The number of nitrogens with zero attached hydrogens (tertiary/aromatic N) is 4. The molecule has 5 nitrogen and oxygen atoms in total. The molecule has 0 radical (unpaired) electrons. The van der Waals surface area contributed by atoms with Crippen molar-refractivity contribution >= 4 is 0 Å². The quantitative estimate of drug-likeness (QED) is 0.850. The summed E-state index contributed by atoms with van der Waals surface area (Å²) < 4.78 is 1.80. The van der Waals surface area contributed by atoms with Crippen molar-refractivity contribution < 1.29 is 0 Å². The average molecular weight is 245 g/mol. The van der Waals surface area contributed by atoms with E-state index in [0.717, 1.165) is 18.9 Å². The highest BCUT2D eigenvalue weighted by atomic mass is 15.3. The fourth-order valence-corrected chi connectivity index (χ4v) is 1.96. The molecular weight excluding hydrogens is 226 g/mol. The van der Waals surface area contributed by atoms with Crippen molar-refractivity contribution in [2.24, 2.45) is 12.8 Å². The van der Waals surface area contributed by atoms with Gasteiger partial charge in [0.05, 0.1) is 6.54 Å². The van der Waals surface area contributed by atoms with Gasteiger partial charge in [-0.05, 0) is 18.2 Å². The predicted molar refractivity (Wildman–Crippen MR) is 70.5 cm³/mol. The normalized spacial score (nSPS) is 11.1. The number of hydrogen-bond donors (Lipinski definition) is 1. The molecule has 0 atom stereocenters. The Bertz CT molecular complexity index is 506. The van der Waals surface area contributed by atoms with Gasteiger partial charge in [-0.25, -0.2) is 4.98 Å². The minimum Gasteiger partial charge on any atom is -0.326 e. The van der Waals surface area contributed by atoms with E-state index in [1.165, 1.54) is 11.1 Å². The molecular formula is C13H19N5. The second-order valence-electron chi connectivity index (χ2n) is 4.44. The number of aromatic nitrogens is 3. The lowest BCUT2D eigenvalue weighted by molar-refractivity contribution is 0.304. The molecule has 0 bridgehead atoms. The zero-order valence-corrected chi connectivity index (χ0v) is 10.9. The SMILES string of the molecule is CN(Cc1ccccc1CN)Cc1ncnn1C. The van der Waals surface area contributed by atoms with Crippen LogP contribution in [-0.2, 0) is 26.7 Å². The van der Waals surface area contributed by atoms with E-state index in [9.17, 15) is 0 Å². The summed E-state index contributed by atoms with van der Waals surface area (Å²) in [5.41, 5.74) is 8.21. The average Bonchev–Trinajstić information content (AvgIpc) is 2.75. The molecule has 96 valence electrons. The van der Waals surface area contributed by atoms with Gasteiger partial charge in [0.25, 0.3) is 0 Å². The van der Waals surface area contributed by atoms with Gasteiger partial charge in [-0.1, -0.05) is 24.3 Å². The van der Waals surface area contributed by atoms with Crippen LogP contribution < -0.4 is 5.73 Å². The van der Waals surface area contributed by atoms with E-state index in [4.69, 9.17) is 5.73 Å². The minimum absolute atomic E-state index is 0.577. The maximum atomic E-state index is 5.74. The van der Waals surface area contributed by atoms with Crippen LogP contribution in [0.2, 0.25) is 0 Å². The molecule has 1 aromatic heterocycles. The topological polar surface area (TPSA) is 60.0 Å². The first-order valence-corrected chi connectivity index (χ1v) is 5.99. The number of aryl methyl sites for hydroxylation is 1. The van der Waals surface area contributed by atoms with Crippen LogP contribution in [0.15, 0.2) is 30.6 Å². The van der Waals surface area contributed by atoms with Crippen molar-refractivity contribution in [1.82, 2.24) is 19.7 Å². The number of hydrogen-bond acceptors (Lipinski definition) is 4. The molecule has 5 heteroatoms. The highest BCUT2D eigenvalue weighted by Gasteiger charge is 2.08. The molecule has 0 aliphatic carbocycles. The minimum atomic E-state index is 0.577. The molecule has 1 aromatic carbocycles. The summed E-state index contributed by atoms with van der Waals surface area (Å²) in [6.45, 7) is 2.21. The van der Waals surface area contributed by atoms with Crippen molar-refractivity contribution in [3.8, 4) is 0 Å². The highest BCUT2D eigenvalue weighted by molar-refractivity contribution is 5.26. The van der Waals surface area contributed by atoms with Gasteiger partial charge in [0.2, 0.25) is 0 Å². The number of nitrogens with two attached hydrogens (primary N) is 1. The fourth-order valence-electron chi connectivity index (χ4n) is 1.96. The lowest BCUT2D eigenvalue weighted by Crippen LogP contribution is -2.21. The van der Waals surface area contributed by atoms with Gasteiger partial charge in [0.15, 0.2) is 0 Å². The Balaban J connectivity index is 2.03. The molecule has 0 saturated heterocycles. The van der Waals surface area contributed by atoms with Crippen molar-refractivity contribution in [3.05, 3.63) is 47.5 Å². The van der Waals surface area contributed by atoms with Crippen molar-refractivity contribution in [2.75, 3.05) is 7.05 Å². The Kier molecular flexibility index (Phi) is 4.07. The van der Waals surface area contributed by atoms with Crippen LogP contribution in [0, 0.1) is 0 Å². The van der Waals surface area contributed by atoms with E-state index in [2.05, 4.69) is 34.2 Å². The zero-order valence-electron chi connectivity index (χ0n) is 10.9. The van der Waals surface area contributed by atoms with Crippen LogP contribution in [0.25, 0.3) is 0 Å². The number of benzene rings is 1. The molecule has 2 rings (SSSR count). The molecule has 2 aromatic rings. The first-order chi connectivity index (χ1) is 8.70. The van der Waals surface area contributed by atoms with Gasteiger partial charge < -0.3 is 5.73 Å². The van der Waals surface area contributed by atoms with E-state index in [-0.39, 0.29) is 0 Å². The molecule has 0 aliphatic heterocycles. The van der Waals surface area contributed by atoms with Gasteiger partial charge in [-0.15, -0.1) is 0 Å². The molecule has 0 spiro atoms. The molecule has 1 heterocycles. The van der Waals surface area contributed by atoms with E-state index in [0.29, 0.717) is 6.54 Å². The summed E-state index contributed by atoms with van der Waals surface area (Å²) in [5.74, 6) is 0.961. The monoisotopic (exact) mass is 245 g/mol. The van der Waals surface area contributed by atoms with Crippen LogP contribution >= 0.6 is 0 Å². The summed E-state index contributed by atoms with van der Waals surface area (Å²) in [4.78, 5) is 6.43. The summed E-state index contributed by atoms with van der Waals surface area (Å²) >= 11 is 0. The van der Waals surface area contributed by atoms with Crippen LogP contribution in [0.3, 0.4) is 0 Å². The third-order valence-corrected chi connectivity index (χ3v) is 3.00. The lowest BCUT2D eigenvalue weighted by Gasteiger charge is -2.17. The fraction of sp³-hybridized carbons (Fsp3) is 0.385. The van der Waals surface area contributed by atoms with Gasteiger partial charge in [0.1, 0.15) is 12.2 Å². The second-order valence-corrected chi connectivity index (χ2v) is 4.44. The molecule has 0 fully saturated rings. The summed E-state index contributed by atoms with van der Waals surface area (Å²) in [6, 6.07) is 8.26.